The summed E-state index contributed by atoms with van der Waals surface area (Å²) in [7, 11) is -5.09. The highest BCUT2D eigenvalue weighted by atomic mass is 32.3. The minimum atomic E-state index is -5.09. The minimum absolute atomic E-state index is 0.264. The van der Waals surface area contributed by atoms with E-state index in [2.05, 4.69) is 47.7 Å². The van der Waals surface area contributed by atoms with Gasteiger partial charge in [0.25, 0.3) is 0 Å². The van der Waals surface area contributed by atoms with E-state index in [0.717, 1.165) is 51.4 Å². The topological polar surface area (TPSA) is 192 Å². The Hall–Kier alpha value is -1.68. The van der Waals surface area contributed by atoms with E-state index in [-0.39, 0.29) is 18.9 Å². The zero-order valence-electron chi connectivity index (χ0n) is 42.5. The highest BCUT2D eigenvalue weighted by Gasteiger charge is 2.48. The SMILES string of the molecule is CCCCCCCCCCC/C=C\C/C=C\CCCCCCCCCCCC(=O)NC(COC1OC(CO)C(O)C(OS(=O)(=O)O)C1O)C(O)/C=C/CCCCCCCCCCCCCCC. The molecule has 0 aromatic carbocycles. The first kappa shape index (κ1) is 63.3. The molecule has 394 valence electrons. The van der Waals surface area contributed by atoms with Crippen molar-refractivity contribution in [3.8, 4) is 0 Å². The van der Waals surface area contributed by atoms with Crippen LogP contribution in [0.25, 0.3) is 0 Å². The fourth-order valence-electron chi connectivity index (χ4n) is 8.66. The van der Waals surface area contributed by atoms with Gasteiger partial charge >= 0.3 is 10.4 Å². The van der Waals surface area contributed by atoms with Gasteiger partial charge in [0.1, 0.15) is 24.4 Å². The van der Waals surface area contributed by atoms with Gasteiger partial charge in [-0.1, -0.05) is 224 Å². The first-order chi connectivity index (χ1) is 32.5. The molecule has 1 saturated heterocycles. The molecule has 1 heterocycles. The molecule has 1 aliphatic heterocycles. The molecule has 0 aliphatic carbocycles. The molecule has 1 amide bonds. The fourth-order valence-corrected chi connectivity index (χ4v) is 9.17. The van der Waals surface area contributed by atoms with Crippen LogP contribution in [0.5, 0.6) is 0 Å². The predicted molar refractivity (Wildman–Crippen MR) is 273 cm³/mol. The van der Waals surface area contributed by atoms with E-state index in [9.17, 15) is 38.2 Å². The molecule has 0 saturated carbocycles. The molecule has 0 bridgehead atoms. The number of rotatable bonds is 47. The second-order valence-electron chi connectivity index (χ2n) is 19.2. The second-order valence-corrected chi connectivity index (χ2v) is 20.2. The third-order valence-electron chi connectivity index (χ3n) is 12.9. The van der Waals surface area contributed by atoms with Crippen LogP contribution >= 0.6 is 0 Å². The summed E-state index contributed by atoms with van der Waals surface area (Å²) in [5.41, 5.74) is 0. The first-order valence-corrected chi connectivity index (χ1v) is 28.7. The maximum atomic E-state index is 13.1. The summed E-state index contributed by atoms with van der Waals surface area (Å²) in [4.78, 5) is 13.1. The zero-order valence-corrected chi connectivity index (χ0v) is 43.3. The van der Waals surface area contributed by atoms with E-state index in [1.807, 2.05) is 6.08 Å². The molecule has 0 aromatic rings. The average Bonchev–Trinajstić information content (AvgIpc) is 3.30. The third kappa shape index (κ3) is 36.9. The van der Waals surface area contributed by atoms with E-state index >= 15 is 0 Å². The molecule has 1 aliphatic rings. The number of amides is 1. The van der Waals surface area contributed by atoms with Crippen LogP contribution in [-0.4, -0.2) is 95.4 Å². The van der Waals surface area contributed by atoms with Gasteiger partial charge in [0.05, 0.1) is 25.4 Å². The van der Waals surface area contributed by atoms with E-state index in [1.165, 1.54) is 167 Å². The van der Waals surface area contributed by atoms with Crippen molar-refractivity contribution in [2.45, 2.75) is 288 Å². The Bertz CT molecular complexity index is 1330. The zero-order chi connectivity index (χ0) is 49.1. The van der Waals surface area contributed by atoms with Crippen molar-refractivity contribution in [1.82, 2.24) is 5.32 Å². The first-order valence-electron chi connectivity index (χ1n) is 27.4. The molecule has 6 N–H and O–H groups in total. The Morgan fingerprint density at radius 1 is 0.597 bits per heavy atom. The molecular weight excluding hydrogens is 871 g/mol. The molecule has 12 nitrogen and oxygen atoms in total. The monoisotopic (exact) mass is 972 g/mol. The van der Waals surface area contributed by atoms with Gasteiger partial charge in [-0.15, -0.1) is 0 Å². The van der Waals surface area contributed by atoms with Crippen molar-refractivity contribution in [1.29, 1.82) is 0 Å². The largest absolute Gasteiger partial charge is 0.397 e. The molecule has 13 heteroatoms. The molecule has 0 aromatic heterocycles. The Balaban J connectivity index is 2.39. The number of unbranched alkanes of at least 4 members (excludes halogenated alkanes) is 31. The van der Waals surface area contributed by atoms with Gasteiger partial charge in [0.15, 0.2) is 6.29 Å². The van der Waals surface area contributed by atoms with Crippen LogP contribution in [0.1, 0.15) is 245 Å². The third-order valence-corrected chi connectivity index (χ3v) is 13.4. The number of carbonyl (C=O) groups excluding carboxylic acids is 1. The standard InChI is InChI=1S/C54H101NO11S/c1-3-5-7-9-11-13-15-17-19-20-21-22-23-24-25-26-27-28-30-32-34-36-38-40-42-44-50(58)55-47(46-64-54-52(60)53(66-67(61,62)63)51(59)49(45-56)65-54)48(57)43-41-39-37-35-33-31-29-18-16-14-12-10-8-6-4-2/h21-22,24-25,41,43,47-49,51-54,56-57,59-60H,3-20,23,26-40,42,44-46H2,1-2H3,(H,55,58)(H,61,62,63)/b22-21-,25-24-,43-41+. The molecule has 67 heavy (non-hydrogen) atoms. The van der Waals surface area contributed by atoms with Gasteiger partial charge in [-0.05, 0) is 51.4 Å². The molecule has 1 fully saturated rings. The highest BCUT2D eigenvalue weighted by Crippen LogP contribution is 2.26. The van der Waals surface area contributed by atoms with Crippen molar-refractivity contribution in [3.63, 3.8) is 0 Å². The summed E-state index contributed by atoms with van der Waals surface area (Å²) in [6.45, 7) is 3.40. The van der Waals surface area contributed by atoms with Crippen molar-refractivity contribution < 1.29 is 51.8 Å². The quantitative estimate of drug-likeness (QED) is 0.0193. The van der Waals surface area contributed by atoms with Crippen LogP contribution in [0, 0.1) is 0 Å². The van der Waals surface area contributed by atoms with Crippen molar-refractivity contribution in [2.24, 2.45) is 0 Å². The van der Waals surface area contributed by atoms with Crippen molar-refractivity contribution in [3.05, 3.63) is 36.5 Å². The average molecular weight is 972 g/mol. The Morgan fingerprint density at radius 2 is 1.00 bits per heavy atom. The summed E-state index contributed by atoms with van der Waals surface area (Å²) < 4.78 is 47.7. The molecule has 7 unspecified atom stereocenters. The van der Waals surface area contributed by atoms with Crippen molar-refractivity contribution in [2.75, 3.05) is 13.2 Å². The van der Waals surface area contributed by atoms with Gasteiger partial charge in [-0.2, -0.15) is 8.42 Å². The van der Waals surface area contributed by atoms with E-state index in [0.29, 0.717) is 6.42 Å². The van der Waals surface area contributed by atoms with Gasteiger partial charge < -0.3 is 35.2 Å². The lowest BCUT2D eigenvalue weighted by atomic mass is 9.99. The maximum absolute atomic E-state index is 13.1. The second kappa shape index (κ2) is 44.3. The number of hydrogen-bond donors (Lipinski definition) is 6. The van der Waals surface area contributed by atoms with Gasteiger partial charge in [-0.3, -0.25) is 9.35 Å². The summed E-state index contributed by atoms with van der Waals surface area (Å²) >= 11 is 0. The van der Waals surface area contributed by atoms with Crippen LogP contribution < -0.4 is 5.32 Å². The molecule has 7 atom stereocenters. The number of nitrogens with one attached hydrogen (secondary N) is 1. The number of allylic oxidation sites excluding steroid dienone is 5. The van der Waals surface area contributed by atoms with E-state index in [1.54, 1.807) is 6.08 Å². The Labute approximate surface area is 409 Å². The Morgan fingerprint density at radius 3 is 1.42 bits per heavy atom. The van der Waals surface area contributed by atoms with Crippen LogP contribution in [0.3, 0.4) is 0 Å². The smallest absolute Gasteiger partial charge is 0.394 e. The van der Waals surface area contributed by atoms with Gasteiger partial charge in [0, 0.05) is 6.42 Å². The normalized spacial score (nSPS) is 20.1. The number of carbonyl (C=O) groups is 1. The Kier molecular flexibility index (Phi) is 41.9. The molecule has 1 rings (SSSR count). The number of aliphatic hydroxyl groups excluding tert-OH is 4. The number of ether oxygens (including phenoxy) is 2. The highest BCUT2D eigenvalue weighted by molar-refractivity contribution is 7.80. The van der Waals surface area contributed by atoms with Gasteiger partial charge in [-0.25, -0.2) is 4.18 Å². The van der Waals surface area contributed by atoms with E-state index < -0.39 is 59.9 Å². The molecule has 0 radical (unpaired) electrons. The van der Waals surface area contributed by atoms with Crippen LogP contribution in [-0.2, 0) is 28.9 Å². The summed E-state index contributed by atoms with van der Waals surface area (Å²) in [6.07, 6.45) is 46.1. The predicted octanol–water partition coefficient (Wildman–Crippen LogP) is 12.2. The fraction of sp³-hybridized carbons (Fsp3) is 0.870. The maximum Gasteiger partial charge on any atom is 0.397 e. The number of aliphatic hydroxyl groups is 4. The van der Waals surface area contributed by atoms with Crippen LogP contribution in [0.2, 0.25) is 0 Å². The number of hydrogen-bond acceptors (Lipinski definition) is 10. The van der Waals surface area contributed by atoms with E-state index in [4.69, 9.17) is 9.47 Å². The summed E-state index contributed by atoms with van der Waals surface area (Å²) in [5.74, 6) is -0.266. The van der Waals surface area contributed by atoms with Crippen LogP contribution in [0.4, 0.5) is 0 Å². The minimum Gasteiger partial charge on any atom is -0.394 e. The lowest BCUT2D eigenvalue weighted by Crippen LogP contribution is -2.61. The molecular formula is C54H101NO11S. The summed E-state index contributed by atoms with van der Waals surface area (Å²) in [6, 6.07) is -0.946. The lowest BCUT2D eigenvalue weighted by Gasteiger charge is -2.41. The molecule has 0 spiro atoms. The van der Waals surface area contributed by atoms with Crippen molar-refractivity contribution >= 4 is 16.3 Å². The lowest BCUT2D eigenvalue weighted by molar-refractivity contribution is -0.298. The van der Waals surface area contributed by atoms with Crippen LogP contribution in [0.15, 0.2) is 36.5 Å². The summed E-state index contributed by atoms with van der Waals surface area (Å²) in [5, 5.41) is 44.9. The van der Waals surface area contributed by atoms with Gasteiger partial charge in [0.2, 0.25) is 5.91 Å².